The molecule has 4 nitrogen and oxygen atoms in total. The number of aryl methyl sites for hydroxylation is 1. The van der Waals surface area contributed by atoms with Gasteiger partial charge in [0.15, 0.2) is 0 Å². The second-order valence-electron chi connectivity index (χ2n) is 8.25. The first kappa shape index (κ1) is 19.9. The number of rotatable bonds is 4. The average molecular weight is 429 g/mol. The van der Waals surface area contributed by atoms with E-state index < -0.39 is 21.5 Å². The van der Waals surface area contributed by atoms with Crippen LogP contribution in [0.25, 0.3) is 0 Å². The molecule has 2 aliphatic heterocycles. The van der Waals surface area contributed by atoms with Crippen molar-refractivity contribution in [3.63, 3.8) is 0 Å². The van der Waals surface area contributed by atoms with Crippen LogP contribution in [0.1, 0.15) is 22.7 Å². The smallest absolute Gasteiger partial charge is 0.243 e. The van der Waals surface area contributed by atoms with Crippen molar-refractivity contribution >= 4 is 21.9 Å². The predicted molar refractivity (Wildman–Crippen MR) is 124 cm³/mol. The molecule has 3 aromatic rings. The van der Waals surface area contributed by atoms with Gasteiger partial charge in [0.05, 0.1) is 22.0 Å². The molecule has 31 heavy (non-hydrogen) atoms. The SMILES string of the molecule is C=CC1CN(S(=O)(=O)c2ccc(C)cc2)[C@@H](c2ccccc2)C12C=Nc1ccccc12. The Morgan fingerprint density at radius 3 is 2.39 bits per heavy atom. The first-order valence-corrected chi connectivity index (χ1v) is 11.8. The quantitative estimate of drug-likeness (QED) is 0.537. The van der Waals surface area contributed by atoms with Crippen molar-refractivity contribution in [2.24, 2.45) is 10.9 Å². The molecule has 0 N–H and O–H groups in total. The van der Waals surface area contributed by atoms with Crippen LogP contribution < -0.4 is 0 Å². The lowest BCUT2D eigenvalue weighted by molar-refractivity contribution is 0.357. The van der Waals surface area contributed by atoms with Gasteiger partial charge in [-0.1, -0.05) is 72.3 Å². The number of hydrogen-bond acceptors (Lipinski definition) is 3. The third kappa shape index (κ3) is 2.92. The van der Waals surface area contributed by atoms with Gasteiger partial charge in [0, 0.05) is 18.7 Å². The molecule has 0 radical (unpaired) electrons. The minimum atomic E-state index is -3.74. The molecule has 3 aromatic carbocycles. The van der Waals surface area contributed by atoms with Crippen LogP contribution in [0.4, 0.5) is 5.69 Å². The van der Waals surface area contributed by atoms with E-state index in [1.54, 1.807) is 16.4 Å². The molecule has 0 aromatic heterocycles. The highest BCUT2D eigenvalue weighted by Crippen LogP contribution is 2.57. The minimum absolute atomic E-state index is 0.106. The first-order chi connectivity index (χ1) is 15.0. The molecule has 0 bridgehead atoms. The Morgan fingerprint density at radius 2 is 1.68 bits per heavy atom. The number of fused-ring (bicyclic) bond motifs is 2. The van der Waals surface area contributed by atoms with E-state index in [1.165, 1.54) is 0 Å². The van der Waals surface area contributed by atoms with Crippen molar-refractivity contribution in [3.8, 4) is 0 Å². The lowest BCUT2D eigenvalue weighted by Crippen LogP contribution is -2.40. The molecule has 5 heteroatoms. The van der Waals surface area contributed by atoms with Gasteiger partial charge in [-0.3, -0.25) is 4.99 Å². The van der Waals surface area contributed by atoms with Crippen molar-refractivity contribution < 1.29 is 8.42 Å². The largest absolute Gasteiger partial charge is 0.260 e. The molecular formula is C26H24N2O2S. The Hall–Kier alpha value is -3.02. The van der Waals surface area contributed by atoms with Crippen molar-refractivity contribution in [1.82, 2.24) is 4.31 Å². The molecular weight excluding hydrogens is 404 g/mol. The van der Waals surface area contributed by atoms with E-state index in [2.05, 4.69) is 12.6 Å². The van der Waals surface area contributed by atoms with Gasteiger partial charge in [-0.05, 0) is 36.2 Å². The van der Waals surface area contributed by atoms with E-state index in [9.17, 15) is 8.42 Å². The Kier molecular flexibility index (Phi) is 4.68. The van der Waals surface area contributed by atoms with E-state index in [4.69, 9.17) is 4.99 Å². The van der Waals surface area contributed by atoms with Crippen molar-refractivity contribution in [2.45, 2.75) is 23.3 Å². The summed E-state index contributed by atoms with van der Waals surface area (Å²) in [5, 5.41) is 0. The molecule has 2 unspecified atom stereocenters. The van der Waals surface area contributed by atoms with Gasteiger partial charge in [0.1, 0.15) is 0 Å². The lowest BCUT2D eigenvalue weighted by atomic mass is 9.68. The van der Waals surface area contributed by atoms with Crippen LogP contribution in [0.3, 0.4) is 0 Å². The van der Waals surface area contributed by atoms with Crippen LogP contribution in [0.15, 0.2) is 101 Å². The Bertz CT molecular complexity index is 1270. The van der Waals surface area contributed by atoms with Crippen LogP contribution in [0.5, 0.6) is 0 Å². The van der Waals surface area contributed by atoms with Crippen molar-refractivity contribution in [3.05, 3.63) is 108 Å². The summed E-state index contributed by atoms with van der Waals surface area (Å²) in [7, 11) is -3.74. The Morgan fingerprint density at radius 1 is 1.00 bits per heavy atom. The van der Waals surface area contributed by atoms with E-state index >= 15 is 0 Å². The zero-order valence-electron chi connectivity index (χ0n) is 17.3. The maximum absolute atomic E-state index is 13.9. The minimum Gasteiger partial charge on any atom is -0.260 e. The second kappa shape index (κ2) is 7.29. The summed E-state index contributed by atoms with van der Waals surface area (Å²) in [5.41, 5.74) is 3.32. The maximum atomic E-state index is 13.9. The van der Waals surface area contributed by atoms with E-state index in [1.807, 2.05) is 79.9 Å². The summed E-state index contributed by atoms with van der Waals surface area (Å²) in [5.74, 6) is -0.106. The molecule has 156 valence electrons. The van der Waals surface area contributed by atoms with Gasteiger partial charge in [-0.2, -0.15) is 4.31 Å². The highest BCUT2D eigenvalue weighted by molar-refractivity contribution is 7.89. The van der Waals surface area contributed by atoms with Crippen LogP contribution in [-0.4, -0.2) is 25.5 Å². The zero-order chi connectivity index (χ0) is 21.6. The molecule has 0 amide bonds. The van der Waals surface area contributed by atoms with Crippen molar-refractivity contribution in [2.75, 3.05) is 6.54 Å². The molecule has 2 aliphatic rings. The van der Waals surface area contributed by atoms with Crippen LogP contribution in [-0.2, 0) is 15.4 Å². The standard InChI is InChI=1S/C26H24N2O2S/c1-3-21-17-28(31(29,30)22-15-13-19(2)14-16-22)25(20-9-5-4-6-10-20)26(21)18-27-24-12-8-7-11-23(24)26/h3-16,18,21,25H,1,17H2,2H3/t21?,25-,26?/m0/s1. The highest BCUT2D eigenvalue weighted by Gasteiger charge is 2.59. The van der Waals surface area contributed by atoms with Crippen LogP contribution in [0.2, 0.25) is 0 Å². The maximum Gasteiger partial charge on any atom is 0.243 e. The normalized spacial score (nSPS) is 25.1. The van der Waals surface area contributed by atoms with Gasteiger partial charge in [0.2, 0.25) is 10.0 Å². The van der Waals surface area contributed by atoms with E-state index in [0.717, 1.165) is 22.4 Å². The summed E-state index contributed by atoms with van der Waals surface area (Å²) in [4.78, 5) is 5.02. The fraction of sp³-hybridized carbons (Fsp3) is 0.192. The first-order valence-electron chi connectivity index (χ1n) is 10.4. The Balaban J connectivity index is 1.75. The van der Waals surface area contributed by atoms with Gasteiger partial charge in [-0.15, -0.1) is 6.58 Å². The molecule has 0 aliphatic carbocycles. The monoisotopic (exact) mass is 428 g/mol. The summed E-state index contributed by atoms with van der Waals surface area (Å²) in [6, 6.07) is 24.5. The number of sulfonamides is 1. The molecule has 1 saturated heterocycles. The fourth-order valence-corrected chi connectivity index (χ4v) is 6.71. The fourth-order valence-electron chi connectivity index (χ4n) is 5.03. The molecule has 1 fully saturated rings. The summed E-state index contributed by atoms with van der Waals surface area (Å²) in [6.45, 7) is 6.38. The molecule has 0 saturated carbocycles. The number of hydrogen-bond donors (Lipinski definition) is 0. The highest BCUT2D eigenvalue weighted by atomic mass is 32.2. The van der Waals surface area contributed by atoms with E-state index in [0.29, 0.717) is 11.4 Å². The van der Waals surface area contributed by atoms with E-state index in [-0.39, 0.29) is 5.92 Å². The van der Waals surface area contributed by atoms with Crippen molar-refractivity contribution in [1.29, 1.82) is 0 Å². The van der Waals surface area contributed by atoms with Crippen LogP contribution >= 0.6 is 0 Å². The predicted octanol–water partition coefficient (Wildman–Crippen LogP) is 5.20. The third-order valence-electron chi connectivity index (χ3n) is 6.55. The van der Waals surface area contributed by atoms with Crippen LogP contribution in [0, 0.1) is 12.8 Å². The third-order valence-corrected chi connectivity index (χ3v) is 8.39. The average Bonchev–Trinajstić information content (AvgIpc) is 3.34. The van der Waals surface area contributed by atoms with Gasteiger partial charge < -0.3 is 0 Å². The molecule has 2 heterocycles. The molecule has 5 rings (SSSR count). The topological polar surface area (TPSA) is 49.7 Å². The van der Waals surface area contributed by atoms with Gasteiger partial charge in [-0.25, -0.2) is 8.42 Å². The second-order valence-corrected chi connectivity index (χ2v) is 10.1. The number of benzene rings is 3. The number of para-hydroxylation sites is 1. The van der Waals surface area contributed by atoms with Gasteiger partial charge in [0.25, 0.3) is 0 Å². The Labute approximate surface area is 183 Å². The summed E-state index contributed by atoms with van der Waals surface area (Å²) >= 11 is 0. The number of nitrogens with zero attached hydrogens (tertiary/aromatic N) is 2. The lowest BCUT2D eigenvalue weighted by Gasteiger charge is -2.36. The molecule has 3 atom stereocenters. The summed E-state index contributed by atoms with van der Waals surface area (Å²) in [6.07, 6.45) is 3.83. The van der Waals surface area contributed by atoms with Gasteiger partial charge >= 0.3 is 0 Å². The zero-order valence-corrected chi connectivity index (χ0v) is 18.2. The number of aliphatic imine (C=N–C) groups is 1. The molecule has 1 spiro atoms. The summed E-state index contributed by atoms with van der Waals surface area (Å²) < 4.78 is 29.4.